The van der Waals surface area contributed by atoms with Crippen molar-refractivity contribution in [3.05, 3.63) is 30.3 Å². The van der Waals surface area contributed by atoms with E-state index in [4.69, 9.17) is 0 Å². The molecule has 0 aliphatic heterocycles. The quantitative estimate of drug-likeness (QED) is 0.928. The van der Waals surface area contributed by atoms with Crippen LogP contribution in [0.2, 0.25) is 0 Å². The predicted octanol–water partition coefficient (Wildman–Crippen LogP) is 3.04. The van der Waals surface area contributed by atoms with Crippen LogP contribution in [-0.2, 0) is 0 Å². The smallest absolute Gasteiger partial charge is 0.247 e. The second-order valence-corrected chi connectivity index (χ2v) is 5.97. The zero-order valence-corrected chi connectivity index (χ0v) is 11.9. The molecule has 0 unspecified atom stereocenters. The Bertz CT molecular complexity index is 542. The molecule has 0 radical (unpaired) electrons. The minimum Gasteiger partial charge on any atom is -0.352 e. The molecule has 0 amide bonds. The van der Waals surface area contributed by atoms with E-state index in [1.807, 2.05) is 30.3 Å². The summed E-state index contributed by atoms with van der Waals surface area (Å²) >= 11 is 0. The summed E-state index contributed by atoms with van der Waals surface area (Å²) in [6.45, 7) is 3.29. The van der Waals surface area contributed by atoms with Gasteiger partial charge in [-0.05, 0) is 40.8 Å². The largest absolute Gasteiger partial charge is 0.352 e. The summed E-state index contributed by atoms with van der Waals surface area (Å²) in [5, 5.41) is 15.4. The van der Waals surface area contributed by atoms with Gasteiger partial charge < -0.3 is 5.32 Å². The molecule has 1 aliphatic rings. The highest BCUT2D eigenvalue weighted by Gasteiger charge is 2.27. The van der Waals surface area contributed by atoms with Gasteiger partial charge in [-0.1, -0.05) is 49.5 Å². The standard InChI is InChI=1S/C15H21N5/c1-15(10-6-3-7-11-15)12-16-14-17-18-19-20(14)13-8-4-2-5-9-13/h2,4-5,8-9H,3,6-7,10-12H2,1H3,(H,16,17,19). The maximum absolute atomic E-state index is 4.10. The Kier molecular flexibility index (Phi) is 3.67. The Morgan fingerprint density at radius 1 is 1.15 bits per heavy atom. The molecule has 1 aliphatic carbocycles. The van der Waals surface area contributed by atoms with Crippen molar-refractivity contribution in [2.45, 2.75) is 39.0 Å². The van der Waals surface area contributed by atoms with Crippen molar-refractivity contribution in [2.24, 2.45) is 5.41 Å². The first-order valence-electron chi connectivity index (χ1n) is 7.35. The number of tetrazole rings is 1. The number of hydrogen-bond donors (Lipinski definition) is 1. The fourth-order valence-electron chi connectivity index (χ4n) is 2.91. The lowest BCUT2D eigenvalue weighted by Crippen LogP contribution is -2.29. The van der Waals surface area contributed by atoms with E-state index < -0.39 is 0 Å². The lowest BCUT2D eigenvalue weighted by molar-refractivity contribution is 0.233. The highest BCUT2D eigenvalue weighted by molar-refractivity contribution is 5.38. The molecular weight excluding hydrogens is 250 g/mol. The molecule has 20 heavy (non-hydrogen) atoms. The van der Waals surface area contributed by atoms with E-state index in [1.165, 1.54) is 32.1 Å². The highest BCUT2D eigenvalue weighted by atomic mass is 15.6. The number of nitrogens with zero attached hydrogens (tertiary/aromatic N) is 4. The van der Waals surface area contributed by atoms with Gasteiger partial charge >= 0.3 is 0 Å². The molecule has 0 saturated heterocycles. The number of aromatic nitrogens is 4. The Morgan fingerprint density at radius 3 is 2.65 bits per heavy atom. The molecule has 1 aromatic carbocycles. The second-order valence-electron chi connectivity index (χ2n) is 5.97. The molecule has 1 fully saturated rings. The van der Waals surface area contributed by atoms with Gasteiger partial charge in [-0.15, -0.1) is 0 Å². The molecule has 5 nitrogen and oxygen atoms in total. The number of hydrogen-bond acceptors (Lipinski definition) is 4. The summed E-state index contributed by atoms with van der Waals surface area (Å²) in [4.78, 5) is 0. The van der Waals surface area contributed by atoms with Crippen LogP contribution in [0.4, 0.5) is 5.95 Å². The maximum Gasteiger partial charge on any atom is 0.247 e. The fraction of sp³-hybridized carbons (Fsp3) is 0.533. The van der Waals surface area contributed by atoms with Crippen molar-refractivity contribution in [3.63, 3.8) is 0 Å². The number of anilines is 1. The molecule has 2 aromatic rings. The minimum atomic E-state index is 0.367. The van der Waals surface area contributed by atoms with Crippen LogP contribution in [0.15, 0.2) is 30.3 Å². The third-order valence-corrected chi connectivity index (χ3v) is 4.20. The van der Waals surface area contributed by atoms with E-state index in [0.717, 1.165) is 18.2 Å². The number of para-hydroxylation sites is 1. The van der Waals surface area contributed by atoms with Gasteiger partial charge in [-0.25, -0.2) is 0 Å². The van der Waals surface area contributed by atoms with Crippen LogP contribution in [-0.4, -0.2) is 26.8 Å². The molecule has 1 N–H and O–H groups in total. The van der Waals surface area contributed by atoms with Gasteiger partial charge in [-0.2, -0.15) is 4.68 Å². The van der Waals surface area contributed by atoms with Crippen LogP contribution in [0.1, 0.15) is 39.0 Å². The zero-order chi connectivity index (χ0) is 13.8. The van der Waals surface area contributed by atoms with Crippen LogP contribution < -0.4 is 5.32 Å². The number of benzene rings is 1. The third kappa shape index (κ3) is 2.81. The van der Waals surface area contributed by atoms with Crippen LogP contribution in [0.25, 0.3) is 5.69 Å². The monoisotopic (exact) mass is 271 g/mol. The Labute approximate surface area is 119 Å². The lowest BCUT2D eigenvalue weighted by Gasteiger charge is -2.33. The molecule has 106 valence electrons. The minimum absolute atomic E-state index is 0.367. The fourth-order valence-corrected chi connectivity index (χ4v) is 2.91. The Morgan fingerprint density at radius 2 is 1.90 bits per heavy atom. The molecule has 0 bridgehead atoms. The van der Waals surface area contributed by atoms with Crippen molar-refractivity contribution in [1.82, 2.24) is 20.2 Å². The van der Waals surface area contributed by atoms with Crippen LogP contribution in [0.3, 0.4) is 0 Å². The molecule has 0 spiro atoms. The molecule has 3 rings (SSSR count). The van der Waals surface area contributed by atoms with Gasteiger partial charge in [0.15, 0.2) is 0 Å². The summed E-state index contributed by atoms with van der Waals surface area (Å²) < 4.78 is 1.76. The van der Waals surface area contributed by atoms with Crippen molar-refractivity contribution < 1.29 is 0 Å². The summed E-state index contributed by atoms with van der Waals surface area (Å²) in [6, 6.07) is 9.98. The van der Waals surface area contributed by atoms with Gasteiger partial charge in [0.1, 0.15) is 0 Å². The van der Waals surface area contributed by atoms with Gasteiger partial charge in [0.25, 0.3) is 0 Å². The van der Waals surface area contributed by atoms with Gasteiger partial charge in [0, 0.05) is 6.54 Å². The molecule has 0 atom stereocenters. The summed E-state index contributed by atoms with van der Waals surface area (Å²) in [6.07, 6.45) is 6.61. The summed E-state index contributed by atoms with van der Waals surface area (Å²) in [7, 11) is 0. The molecule has 1 aromatic heterocycles. The molecule has 1 saturated carbocycles. The highest BCUT2D eigenvalue weighted by Crippen LogP contribution is 2.35. The van der Waals surface area contributed by atoms with E-state index in [9.17, 15) is 0 Å². The number of rotatable bonds is 4. The van der Waals surface area contributed by atoms with Crippen molar-refractivity contribution in [1.29, 1.82) is 0 Å². The van der Waals surface area contributed by atoms with Gasteiger partial charge in [0.05, 0.1) is 5.69 Å². The van der Waals surface area contributed by atoms with Crippen molar-refractivity contribution in [3.8, 4) is 5.69 Å². The summed E-state index contributed by atoms with van der Waals surface area (Å²) in [5.74, 6) is 0.725. The van der Waals surface area contributed by atoms with E-state index >= 15 is 0 Å². The van der Waals surface area contributed by atoms with Crippen LogP contribution >= 0.6 is 0 Å². The van der Waals surface area contributed by atoms with E-state index in [2.05, 4.69) is 27.8 Å². The molecule has 5 heteroatoms. The van der Waals surface area contributed by atoms with Crippen molar-refractivity contribution in [2.75, 3.05) is 11.9 Å². The first-order valence-corrected chi connectivity index (χ1v) is 7.35. The average molecular weight is 271 g/mol. The normalized spacial score (nSPS) is 17.9. The molecule has 1 heterocycles. The summed E-state index contributed by atoms with van der Waals surface area (Å²) in [5.41, 5.74) is 1.35. The van der Waals surface area contributed by atoms with E-state index in [0.29, 0.717) is 5.41 Å². The maximum atomic E-state index is 4.10. The molecular formula is C15H21N5. The zero-order valence-electron chi connectivity index (χ0n) is 11.9. The Hall–Kier alpha value is -1.91. The topological polar surface area (TPSA) is 55.6 Å². The first-order chi connectivity index (χ1) is 9.77. The van der Waals surface area contributed by atoms with Gasteiger partial charge in [-0.3, -0.25) is 0 Å². The van der Waals surface area contributed by atoms with Crippen molar-refractivity contribution >= 4 is 5.95 Å². The third-order valence-electron chi connectivity index (χ3n) is 4.20. The van der Waals surface area contributed by atoms with E-state index in [1.54, 1.807) is 4.68 Å². The van der Waals surface area contributed by atoms with Crippen LogP contribution in [0, 0.1) is 5.41 Å². The second kappa shape index (κ2) is 5.61. The first kappa shape index (κ1) is 13.1. The van der Waals surface area contributed by atoms with Crippen LogP contribution in [0.5, 0.6) is 0 Å². The van der Waals surface area contributed by atoms with E-state index in [-0.39, 0.29) is 0 Å². The average Bonchev–Trinajstić information content (AvgIpc) is 2.95. The number of nitrogens with one attached hydrogen (secondary N) is 1. The Balaban J connectivity index is 1.71. The lowest BCUT2D eigenvalue weighted by atomic mass is 9.76. The predicted molar refractivity (Wildman–Crippen MR) is 78.8 cm³/mol. The van der Waals surface area contributed by atoms with Gasteiger partial charge in [0.2, 0.25) is 5.95 Å². The SMILES string of the molecule is CC1(CNc2nnnn2-c2ccccc2)CCCCC1.